The summed E-state index contributed by atoms with van der Waals surface area (Å²) >= 11 is 2.74. The van der Waals surface area contributed by atoms with E-state index >= 15 is 0 Å². The number of benzene rings is 2. The maximum absolute atomic E-state index is 13.1. The zero-order valence-electron chi connectivity index (χ0n) is 13.8. The molecule has 25 heavy (non-hydrogen) atoms. The first-order valence-corrected chi connectivity index (χ1v) is 9.45. The minimum absolute atomic E-state index is 0.106. The number of hydrogen-bond acceptors (Lipinski definition) is 5. The molecule has 2 heterocycles. The summed E-state index contributed by atoms with van der Waals surface area (Å²) in [6.45, 7) is 3.82. The van der Waals surface area contributed by atoms with Crippen molar-refractivity contribution in [2.75, 3.05) is 4.90 Å². The van der Waals surface area contributed by atoms with Crippen molar-refractivity contribution in [1.29, 1.82) is 0 Å². The maximum atomic E-state index is 13.1. The van der Waals surface area contributed by atoms with E-state index in [1.54, 1.807) is 16.7 Å². The standard InChI is InChI=1S/C19H15N3OS2/c1-12-11-13(2)21-18(20-12)25-19(23)22-14-7-3-5-9-16(14)24-17-10-6-4-8-15(17)22/h3-11H,1-2H3. The average Bonchev–Trinajstić information content (AvgIpc) is 2.58. The number of thioether (sulfide) groups is 1. The molecule has 0 saturated heterocycles. The molecule has 0 aliphatic carbocycles. The second kappa shape index (κ2) is 6.54. The van der Waals surface area contributed by atoms with E-state index in [-0.39, 0.29) is 5.24 Å². The van der Waals surface area contributed by atoms with E-state index in [1.807, 2.05) is 68.4 Å². The summed E-state index contributed by atoms with van der Waals surface area (Å²) < 4.78 is 0. The molecule has 0 unspecified atom stereocenters. The summed E-state index contributed by atoms with van der Waals surface area (Å²) in [5, 5.41) is 0.376. The first kappa shape index (κ1) is 16.2. The summed E-state index contributed by atoms with van der Waals surface area (Å²) in [6.07, 6.45) is 0. The molecular formula is C19H15N3OS2. The van der Waals surface area contributed by atoms with Crippen molar-refractivity contribution in [2.45, 2.75) is 28.8 Å². The van der Waals surface area contributed by atoms with Crippen LogP contribution in [0.25, 0.3) is 0 Å². The summed E-state index contributed by atoms with van der Waals surface area (Å²) in [4.78, 5) is 25.8. The van der Waals surface area contributed by atoms with Crippen LogP contribution in [0.1, 0.15) is 11.4 Å². The lowest BCUT2D eigenvalue weighted by molar-refractivity contribution is 0.266. The fourth-order valence-corrected chi connectivity index (χ4v) is 4.65. The highest BCUT2D eigenvalue weighted by molar-refractivity contribution is 8.13. The molecular weight excluding hydrogens is 350 g/mol. The van der Waals surface area contributed by atoms with Crippen molar-refractivity contribution >= 4 is 40.1 Å². The van der Waals surface area contributed by atoms with Crippen molar-refractivity contribution in [3.8, 4) is 0 Å². The highest BCUT2D eigenvalue weighted by Crippen LogP contribution is 2.49. The molecule has 0 fully saturated rings. The Hall–Kier alpha value is -2.31. The Morgan fingerprint density at radius 2 is 1.44 bits per heavy atom. The van der Waals surface area contributed by atoms with E-state index in [2.05, 4.69) is 9.97 Å². The minimum atomic E-state index is -0.106. The molecule has 4 nitrogen and oxygen atoms in total. The highest BCUT2D eigenvalue weighted by atomic mass is 32.2. The van der Waals surface area contributed by atoms with Gasteiger partial charge in [0.1, 0.15) is 0 Å². The van der Waals surface area contributed by atoms with Gasteiger partial charge in [-0.05, 0) is 44.2 Å². The Morgan fingerprint density at radius 1 is 0.920 bits per heavy atom. The number of carbonyl (C=O) groups is 1. The number of para-hydroxylation sites is 2. The molecule has 2 aromatic carbocycles. The Balaban J connectivity index is 1.75. The summed E-state index contributed by atoms with van der Waals surface area (Å²) in [5.74, 6) is 0. The molecule has 0 saturated carbocycles. The van der Waals surface area contributed by atoms with Crippen molar-refractivity contribution in [3.05, 3.63) is 66.0 Å². The normalized spacial score (nSPS) is 12.5. The van der Waals surface area contributed by atoms with Gasteiger partial charge in [-0.1, -0.05) is 36.0 Å². The summed E-state index contributed by atoms with van der Waals surface area (Å²) in [6, 6.07) is 17.8. The average molecular weight is 365 g/mol. The second-order valence-electron chi connectivity index (χ2n) is 5.67. The van der Waals surface area contributed by atoms with Crippen LogP contribution < -0.4 is 4.90 Å². The van der Waals surface area contributed by atoms with Crippen LogP contribution in [0.3, 0.4) is 0 Å². The van der Waals surface area contributed by atoms with E-state index in [0.717, 1.165) is 44.3 Å². The molecule has 0 radical (unpaired) electrons. The van der Waals surface area contributed by atoms with Crippen LogP contribution in [-0.2, 0) is 0 Å². The first-order chi connectivity index (χ1) is 12.1. The third kappa shape index (κ3) is 3.15. The smallest absolute Gasteiger partial charge is 0.269 e. The van der Waals surface area contributed by atoms with Gasteiger partial charge in [-0.2, -0.15) is 0 Å². The molecule has 1 aliphatic heterocycles. The molecule has 4 rings (SSSR count). The van der Waals surface area contributed by atoms with E-state index in [9.17, 15) is 4.79 Å². The van der Waals surface area contributed by atoms with Crippen molar-refractivity contribution < 1.29 is 4.79 Å². The Kier molecular flexibility index (Phi) is 4.23. The fraction of sp³-hybridized carbons (Fsp3) is 0.105. The number of aromatic nitrogens is 2. The molecule has 0 spiro atoms. The maximum Gasteiger partial charge on any atom is 0.298 e. The van der Waals surface area contributed by atoms with Crippen LogP contribution in [0, 0.1) is 13.8 Å². The monoisotopic (exact) mass is 365 g/mol. The number of amides is 1. The van der Waals surface area contributed by atoms with Gasteiger partial charge in [-0.3, -0.25) is 9.69 Å². The highest BCUT2D eigenvalue weighted by Gasteiger charge is 2.29. The lowest BCUT2D eigenvalue weighted by Crippen LogP contribution is -2.24. The third-order valence-electron chi connectivity index (χ3n) is 3.76. The van der Waals surface area contributed by atoms with Gasteiger partial charge in [0.2, 0.25) is 0 Å². The van der Waals surface area contributed by atoms with Crippen molar-refractivity contribution in [3.63, 3.8) is 0 Å². The molecule has 0 N–H and O–H groups in total. The molecule has 1 aliphatic rings. The second-order valence-corrected chi connectivity index (χ2v) is 7.68. The molecule has 0 atom stereocenters. The number of hydrogen-bond donors (Lipinski definition) is 0. The van der Waals surface area contributed by atoms with Crippen molar-refractivity contribution in [1.82, 2.24) is 9.97 Å². The van der Waals surface area contributed by atoms with Gasteiger partial charge in [0, 0.05) is 32.9 Å². The Bertz CT molecular complexity index is 909. The van der Waals surface area contributed by atoms with Gasteiger partial charge in [0.25, 0.3) is 5.24 Å². The van der Waals surface area contributed by atoms with Crippen LogP contribution in [0.2, 0.25) is 0 Å². The lowest BCUT2D eigenvalue weighted by atomic mass is 10.2. The molecule has 6 heteroatoms. The van der Waals surface area contributed by atoms with Crippen LogP contribution in [0.4, 0.5) is 16.2 Å². The van der Waals surface area contributed by atoms with Crippen molar-refractivity contribution in [2.24, 2.45) is 0 Å². The number of rotatable bonds is 1. The van der Waals surface area contributed by atoms with E-state index in [0.29, 0.717) is 5.16 Å². The van der Waals surface area contributed by atoms with Gasteiger partial charge in [-0.25, -0.2) is 9.97 Å². The third-order valence-corrected chi connectivity index (χ3v) is 5.61. The molecule has 0 bridgehead atoms. The van der Waals surface area contributed by atoms with Crippen LogP contribution >= 0.6 is 23.5 Å². The Labute approximate surface area is 154 Å². The quantitative estimate of drug-likeness (QED) is 0.414. The SMILES string of the molecule is Cc1cc(C)nc(SC(=O)N2c3ccccc3Sc3ccccc32)n1. The van der Waals surface area contributed by atoms with E-state index in [1.165, 1.54) is 0 Å². The lowest BCUT2D eigenvalue weighted by Gasteiger charge is -2.30. The van der Waals surface area contributed by atoms with Gasteiger partial charge in [0.05, 0.1) is 11.4 Å². The summed E-state index contributed by atoms with van der Waals surface area (Å²) in [7, 11) is 0. The van der Waals surface area contributed by atoms with Crippen LogP contribution in [0.5, 0.6) is 0 Å². The first-order valence-electron chi connectivity index (χ1n) is 7.82. The minimum Gasteiger partial charge on any atom is -0.269 e. The van der Waals surface area contributed by atoms with Gasteiger partial charge in [-0.15, -0.1) is 0 Å². The van der Waals surface area contributed by atoms with Crippen LogP contribution in [-0.4, -0.2) is 15.2 Å². The van der Waals surface area contributed by atoms with E-state index < -0.39 is 0 Å². The predicted octanol–water partition coefficient (Wildman–Crippen LogP) is 5.61. The number of anilines is 2. The van der Waals surface area contributed by atoms with Crippen LogP contribution in [0.15, 0.2) is 69.5 Å². The fourth-order valence-electron chi connectivity index (χ4n) is 2.76. The van der Waals surface area contributed by atoms with E-state index in [4.69, 9.17) is 0 Å². The molecule has 124 valence electrons. The Morgan fingerprint density at radius 3 is 2.00 bits per heavy atom. The van der Waals surface area contributed by atoms with Gasteiger partial charge >= 0.3 is 0 Å². The van der Waals surface area contributed by atoms with Gasteiger partial charge in [0.15, 0.2) is 5.16 Å². The number of nitrogens with zero attached hydrogens (tertiary/aromatic N) is 3. The summed E-state index contributed by atoms with van der Waals surface area (Å²) in [5.41, 5.74) is 3.51. The number of carbonyl (C=O) groups excluding carboxylic acids is 1. The topological polar surface area (TPSA) is 46.1 Å². The van der Waals surface area contributed by atoms with Gasteiger partial charge < -0.3 is 0 Å². The molecule has 3 aromatic rings. The molecule has 1 amide bonds. The number of fused-ring (bicyclic) bond motifs is 2. The number of aryl methyl sites for hydroxylation is 2. The molecule has 1 aromatic heterocycles. The zero-order valence-corrected chi connectivity index (χ0v) is 15.4. The predicted molar refractivity (Wildman–Crippen MR) is 102 cm³/mol. The zero-order chi connectivity index (χ0) is 17.4. The largest absolute Gasteiger partial charge is 0.298 e.